The van der Waals surface area contributed by atoms with Crippen LogP contribution in [0.2, 0.25) is 0 Å². The number of hydrogen-bond acceptors (Lipinski definition) is 3. The van der Waals surface area contributed by atoms with Crippen molar-refractivity contribution in [3.8, 4) is 0 Å². The topological polar surface area (TPSA) is 99.1 Å². The molecular formula is C14H15N3O2. The molecule has 0 spiro atoms. The monoisotopic (exact) mass is 257 g/mol. The molecule has 0 aliphatic heterocycles. The molecule has 0 radical (unpaired) electrons. The van der Waals surface area contributed by atoms with Gasteiger partial charge in [0.2, 0.25) is 11.8 Å². The summed E-state index contributed by atoms with van der Waals surface area (Å²) >= 11 is 0. The largest absolute Gasteiger partial charge is 0.369 e. The highest BCUT2D eigenvalue weighted by molar-refractivity contribution is 5.95. The predicted molar refractivity (Wildman–Crippen MR) is 70.6 cm³/mol. The fourth-order valence-electron chi connectivity index (χ4n) is 2.18. The van der Waals surface area contributed by atoms with E-state index >= 15 is 0 Å². The molecule has 1 aliphatic rings. The molecule has 0 bridgehead atoms. The van der Waals surface area contributed by atoms with Gasteiger partial charge in [0.05, 0.1) is 5.41 Å². The van der Waals surface area contributed by atoms with Gasteiger partial charge in [-0.2, -0.15) is 0 Å². The highest BCUT2D eigenvalue weighted by Crippen LogP contribution is 2.34. The number of nitrogens with zero attached hydrogens (tertiary/aromatic N) is 1. The van der Waals surface area contributed by atoms with Crippen molar-refractivity contribution in [3.05, 3.63) is 53.9 Å². The zero-order chi connectivity index (χ0) is 13.9. The molecule has 19 heavy (non-hydrogen) atoms. The zero-order valence-corrected chi connectivity index (χ0v) is 10.4. The summed E-state index contributed by atoms with van der Waals surface area (Å²) in [6.07, 6.45) is 7.20. The maximum atomic E-state index is 11.8. The number of aromatic nitrogens is 1. The third kappa shape index (κ3) is 2.70. The van der Waals surface area contributed by atoms with Crippen molar-refractivity contribution in [1.82, 2.24) is 4.98 Å². The summed E-state index contributed by atoms with van der Waals surface area (Å²) in [6.45, 7) is 0. The van der Waals surface area contributed by atoms with Crippen LogP contribution in [-0.2, 0) is 16.0 Å². The Kier molecular flexibility index (Phi) is 3.46. The Morgan fingerprint density at radius 3 is 2.68 bits per heavy atom. The van der Waals surface area contributed by atoms with E-state index in [1.165, 1.54) is 0 Å². The van der Waals surface area contributed by atoms with E-state index in [-0.39, 0.29) is 6.42 Å². The molecule has 1 aliphatic carbocycles. The van der Waals surface area contributed by atoms with Gasteiger partial charge < -0.3 is 11.5 Å². The lowest BCUT2D eigenvalue weighted by Gasteiger charge is -2.29. The molecule has 4 N–H and O–H groups in total. The SMILES string of the molecule is NC(=O)C1=CC=CC(Cc2ccccn2)(C(N)=O)C1. The smallest absolute Gasteiger partial charge is 0.244 e. The number of nitrogens with two attached hydrogens (primary N) is 2. The van der Waals surface area contributed by atoms with Crippen molar-refractivity contribution >= 4 is 11.8 Å². The molecule has 5 heteroatoms. The van der Waals surface area contributed by atoms with Crippen molar-refractivity contribution in [2.24, 2.45) is 16.9 Å². The van der Waals surface area contributed by atoms with Crippen LogP contribution in [0.1, 0.15) is 12.1 Å². The molecule has 0 saturated carbocycles. The Morgan fingerprint density at radius 1 is 1.32 bits per heavy atom. The molecule has 0 saturated heterocycles. The maximum absolute atomic E-state index is 11.8. The van der Waals surface area contributed by atoms with Crippen molar-refractivity contribution in [3.63, 3.8) is 0 Å². The van der Waals surface area contributed by atoms with E-state index in [0.29, 0.717) is 12.0 Å². The Bertz CT molecular complexity index is 563. The van der Waals surface area contributed by atoms with E-state index in [9.17, 15) is 9.59 Å². The van der Waals surface area contributed by atoms with E-state index in [0.717, 1.165) is 5.69 Å². The second kappa shape index (κ2) is 5.06. The fraction of sp³-hybridized carbons (Fsp3) is 0.214. The minimum absolute atomic E-state index is 0.213. The molecule has 1 aromatic rings. The quantitative estimate of drug-likeness (QED) is 0.820. The second-order valence-corrected chi connectivity index (χ2v) is 4.61. The van der Waals surface area contributed by atoms with Crippen molar-refractivity contribution < 1.29 is 9.59 Å². The van der Waals surface area contributed by atoms with Gasteiger partial charge in [-0.1, -0.05) is 24.3 Å². The van der Waals surface area contributed by atoms with Crippen LogP contribution in [0.5, 0.6) is 0 Å². The van der Waals surface area contributed by atoms with Crippen molar-refractivity contribution in [2.45, 2.75) is 12.8 Å². The van der Waals surface area contributed by atoms with E-state index in [4.69, 9.17) is 11.5 Å². The Labute approximate surface area is 111 Å². The molecule has 0 aromatic carbocycles. The molecule has 1 aromatic heterocycles. The summed E-state index contributed by atoms with van der Waals surface area (Å²) < 4.78 is 0. The highest BCUT2D eigenvalue weighted by Gasteiger charge is 2.37. The summed E-state index contributed by atoms with van der Waals surface area (Å²) in [5, 5.41) is 0. The van der Waals surface area contributed by atoms with Gasteiger partial charge in [-0.05, 0) is 18.6 Å². The first-order chi connectivity index (χ1) is 9.03. The van der Waals surface area contributed by atoms with Crippen LogP contribution in [-0.4, -0.2) is 16.8 Å². The normalized spacial score (nSPS) is 21.8. The Balaban J connectivity index is 2.31. The summed E-state index contributed by atoms with van der Waals surface area (Å²) in [5.74, 6) is -1.02. The minimum atomic E-state index is -0.937. The van der Waals surface area contributed by atoms with Gasteiger partial charge in [0, 0.05) is 23.9 Å². The Hall–Kier alpha value is -2.43. The van der Waals surface area contributed by atoms with E-state index in [2.05, 4.69) is 4.98 Å². The number of allylic oxidation sites excluding steroid dienone is 2. The molecule has 1 atom stereocenters. The van der Waals surface area contributed by atoms with Crippen LogP contribution >= 0.6 is 0 Å². The third-order valence-electron chi connectivity index (χ3n) is 3.25. The Morgan fingerprint density at radius 2 is 2.11 bits per heavy atom. The molecule has 2 amide bonds. The number of amides is 2. The molecule has 1 heterocycles. The average molecular weight is 257 g/mol. The standard InChI is InChI=1S/C14H15N3O2/c15-12(18)10-4-3-6-14(8-10,13(16)19)9-11-5-1-2-7-17-11/h1-7H,8-9H2,(H2,15,18)(H2,16,19). The number of pyridine rings is 1. The average Bonchev–Trinajstić information content (AvgIpc) is 2.40. The first-order valence-electron chi connectivity index (χ1n) is 5.91. The number of carbonyl (C=O) groups is 2. The zero-order valence-electron chi connectivity index (χ0n) is 10.4. The highest BCUT2D eigenvalue weighted by atomic mass is 16.1. The molecule has 5 nitrogen and oxygen atoms in total. The fourth-order valence-corrected chi connectivity index (χ4v) is 2.18. The lowest BCUT2D eigenvalue weighted by Crippen LogP contribution is -2.40. The van der Waals surface area contributed by atoms with E-state index in [1.54, 1.807) is 30.5 Å². The van der Waals surface area contributed by atoms with Gasteiger partial charge >= 0.3 is 0 Å². The van der Waals surface area contributed by atoms with Crippen LogP contribution < -0.4 is 11.5 Å². The third-order valence-corrected chi connectivity index (χ3v) is 3.25. The van der Waals surface area contributed by atoms with Gasteiger partial charge in [0.1, 0.15) is 0 Å². The summed E-state index contributed by atoms with van der Waals surface area (Å²) in [4.78, 5) is 27.3. The number of rotatable bonds is 4. The van der Waals surface area contributed by atoms with E-state index < -0.39 is 17.2 Å². The molecule has 0 fully saturated rings. The molecular weight excluding hydrogens is 242 g/mol. The predicted octanol–water partition coefficient (Wildman–Crippen LogP) is 0.467. The van der Waals surface area contributed by atoms with Crippen LogP contribution in [0.4, 0.5) is 0 Å². The summed E-state index contributed by atoms with van der Waals surface area (Å²) in [5.41, 5.74) is 11.0. The molecule has 2 rings (SSSR count). The molecule has 98 valence electrons. The van der Waals surface area contributed by atoms with Gasteiger partial charge in [-0.15, -0.1) is 0 Å². The number of primary amides is 2. The van der Waals surface area contributed by atoms with Crippen molar-refractivity contribution in [1.29, 1.82) is 0 Å². The van der Waals surface area contributed by atoms with Crippen LogP contribution in [0.15, 0.2) is 48.2 Å². The lowest BCUT2D eigenvalue weighted by molar-refractivity contribution is -0.125. The first kappa shape index (κ1) is 13.0. The second-order valence-electron chi connectivity index (χ2n) is 4.61. The molecule has 1 unspecified atom stereocenters. The van der Waals surface area contributed by atoms with Crippen LogP contribution in [0, 0.1) is 5.41 Å². The number of carbonyl (C=O) groups excluding carboxylic acids is 2. The lowest BCUT2D eigenvalue weighted by atomic mass is 9.74. The maximum Gasteiger partial charge on any atom is 0.244 e. The number of hydrogen-bond donors (Lipinski definition) is 2. The minimum Gasteiger partial charge on any atom is -0.369 e. The summed E-state index contributed by atoms with van der Waals surface area (Å²) in [7, 11) is 0. The van der Waals surface area contributed by atoms with Crippen molar-refractivity contribution in [2.75, 3.05) is 0 Å². The van der Waals surface area contributed by atoms with Gasteiger partial charge in [-0.3, -0.25) is 14.6 Å². The van der Waals surface area contributed by atoms with Gasteiger partial charge in [0.15, 0.2) is 0 Å². The first-order valence-corrected chi connectivity index (χ1v) is 5.91. The van der Waals surface area contributed by atoms with Crippen LogP contribution in [0.3, 0.4) is 0 Å². The summed E-state index contributed by atoms with van der Waals surface area (Å²) in [6, 6.07) is 5.46. The van der Waals surface area contributed by atoms with E-state index in [1.807, 2.05) is 12.1 Å². The van der Waals surface area contributed by atoms with Gasteiger partial charge in [-0.25, -0.2) is 0 Å². The van der Waals surface area contributed by atoms with Crippen LogP contribution in [0.25, 0.3) is 0 Å². The van der Waals surface area contributed by atoms with Gasteiger partial charge in [0.25, 0.3) is 0 Å².